The fourth-order valence-corrected chi connectivity index (χ4v) is 4.06. The van der Waals surface area contributed by atoms with Gasteiger partial charge in [0.25, 0.3) is 0 Å². The molecule has 1 aromatic carbocycles. The van der Waals surface area contributed by atoms with Crippen LogP contribution in [0.15, 0.2) is 28.5 Å². The van der Waals surface area contributed by atoms with Crippen LogP contribution < -0.4 is 5.32 Å². The molecule has 19 heavy (non-hydrogen) atoms. The highest BCUT2D eigenvalue weighted by atomic mass is 32.2. The summed E-state index contributed by atoms with van der Waals surface area (Å²) in [6.07, 6.45) is 0. The molecule has 2 rings (SSSR count). The molecule has 0 saturated heterocycles. The Morgan fingerprint density at radius 2 is 2.11 bits per heavy atom. The summed E-state index contributed by atoms with van der Waals surface area (Å²) in [7, 11) is 1.87. The van der Waals surface area contributed by atoms with Crippen LogP contribution in [0, 0.1) is 5.82 Å². The summed E-state index contributed by atoms with van der Waals surface area (Å²) in [4.78, 5) is 4.56. The molecular formula is C14H17FN2S2. The third kappa shape index (κ3) is 3.48. The summed E-state index contributed by atoms with van der Waals surface area (Å²) >= 11 is 3.29. The number of benzene rings is 1. The molecule has 5 heteroatoms. The van der Waals surface area contributed by atoms with Crippen LogP contribution in [0.4, 0.5) is 9.52 Å². The van der Waals surface area contributed by atoms with Crippen LogP contribution in [0.3, 0.4) is 0 Å². The first-order valence-corrected chi connectivity index (χ1v) is 7.96. The van der Waals surface area contributed by atoms with E-state index in [0.29, 0.717) is 11.7 Å². The van der Waals surface area contributed by atoms with Gasteiger partial charge in [0, 0.05) is 12.8 Å². The van der Waals surface area contributed by atoms with Gasteiger partial charge in [-0.2, -0.15) is 0 Å². The average molecular weight is 296 g/mol. The van der Waals surface area contributed by atoms with Gasteiger partial charge in [-0.15, -0.1) is 11.8 Å². The lowest BCUT2D eigenvalue weighted by atomic mass is 10.2. The molecule has 2 nitrogen and oxygen atoms in total. The molecule has 0 amide bonds. The van der Waals surface area contributed by atoms with Crippen LogP contribution in [-0.4, -0.2) is 12.0 Å². The zero-order valence-electron chi connectivity index (χ0n) is 11.2. The van der Waals surface area contributed by atoms with Crippen molar-refractivity contribution < 1.29 is 4.39 Å². The van der Waals surface area contributed by atoms with E-state index in [1.807, 2.05) is 19.2 Å². The van der Waals surface area contributed by atoms with Crippen LogP contribution in [0.25, 0.3) is 0 Å². The Labute approximate surface area is 121 Å². The van der Waals surface area contributed by atoms with E-state index in [9.17, 15) is 4.39 Å². The Morgan fingerprint density at radius 3 is 2.74 bits per heavy atom. The maximum Gasteiger partial charge on any atom is 0.183 e. The predicted octanol–water partition coefficient (Wildman–Crippen LogP) is 4.74. The Balaban J connectivity index is 2.15. The predicted molar refractivity (Wildman–Crippen MR) is 81.7 cm³/mol. The Morgan fingerprint density at radius 1 is 1.37 bits per heavy atom. The van der Waals surface area contributed by atoms with Gasteiger partial charge in [-0.25, -0.2) is 9.37 Å². The molecule has 0 aliphatic rings. The van der Waals surface area contributed by atoms with Crippen molar-refractivity contribution in [2.24, 2.45) is 0 Å². The van der Waals surface area contributed by atoms with E-state index >= 15 is 0 Å². The second kappa shape index (κ2) is 6.39. The summed E-state index contributed by atoms with van der Waals surface area (Å²) in [6, 6.07) is 6.92. The van der Waals surface area contributed by atoms with Gasteiger partial charge in [0.05, 0.1) is 9.90 Å². The lowest BCUT2D eigenvalue weighted by Gasteiger charge is -2.05. The number of rotatable bonds is 5. The number of hydrogen-bond acceptors (Lipinski definition) is 4. The van der Waals surface area contributed by atoms with Gasteiger partial charge in [0.15, 0.2) is 5.13 Å². The summed E-state index contributed by atoms with van der Waals surface area (Å²) in [5.41, 5.74) is 1.83. The van der Waals surface area contributed by atoms with Crippen LogP contribution in [-0.2, 0) is 5.75 Å². The number of halogens is 1. The molecule has 1 heterocycles. The molecule has 0 aliphatic heterocycles. The second-order valence-electron chi connectivity index (χ2n) is 4.48. The average Bonchev–Trinajstić information content (AvgIpc) is 2.81. The van der Waals surface area contributed by atoms with Crippen molar-refractivity contribution >= 4 is 28.2 Å². The first-order valence-electron chi connectivity index (χ1n) is 6.16. The molecule has 0 bridgehead atoms. The van der Waals surface area contributed by atoms with E-state index < -0.39 is 0 Å². The minimum Gasteiger partial charge on any atom is -0.365 e. The van der Waals surface area contributed by atoms with Gasteiger partial charge >= 0.3 is 0 Å². The normalized spacial score (nSPS) is 11.0. The molecule has 2 aromatic rings. The molecule has 102 valence electrons. The fourth-order valence-electron chi connectivity index (χ4n) is 1.65. The molecule has 0 aliphatic carbocycles. The Hall–Kier alpha value is -1.07. The molecule has 0 radical (unpaired) electrons. The molecule has 1 aromatic heterocycles. The Kier molecular flexibility index (Phi) is 4.82. The highest BCUT2D eigenvalue weighted by molar-refractivity contribution is 8.00. The van der Waals surface area contributed by atoms with E-state index in [2.05, 4.69) is 24.1 Å². The van der Waals surface area contributed by atoms with Gasteiger partial charge in [0.2, 0.25) is 0 Å². The molecule has 0 unspecified atom stereocenters. The quantitative estimate of drug-likeness (QED) is 0.807. The third-order valence-corrected chi connectivity index (χ3v) is 5.11. The summed E-state index contributed by atoms with van der Waals surface area (Å²) < 4.78 is 14.8. The number of nitrogens with zero attached hydrogens (tertiary/aromatic N) is 1. The summed E-state index contributed by atoms with van der Waals surface area (Å²) in [5, 5.41) is 3.99. The molecule has 0 atom stereocenters. The third-order valence-electron chi connectivity index (χ3n) is 2.70. The van der Waals surface area contributed by atoms with Crippen molar-refractivity contribution in [3.63, 3.8) is 0 Å². The molecule has 0 fully saturated rings. The summed E-state index contributed by atoms with van der Waals surface area (Å²) in [5.74, 6) is 0.874. The van der Waals surface area contributed by atoms with E-state index in [0.717, 1.165) is 16.4 Å². The maximum atomic E-state index is 13.6. The zero-order chi connectivity index (χ0) is 13.8. The number of aromatic nitrogens is 1. The monoisotopic (exact) mass is 296 g/mol. The fraction of sp³-hybridized carbons (Fsp3) is 0.357. The summed E-state index contributed by atoms with van der Waals surface area (Å²) in [6.45, 7) is 4.25. The van der Waals surface area contributed by atoms with Crippen molar-refractivity contribution in [3.8, 4) is 0 Å². The van der Waals surface area contributed by atoms with Crippen LogP contribution >= 0.6 is 23.1 Å². The lowest BCUT2D eigenvalue weighted by molar-refractivity contribution is 0.617. The SMILES string of the molecule is CNc1nc(C(C)C)c(SCc2ccccc2F)s1. The second-order valence-corrected chi connectivity index (χ2v) is 6.72. The van der Waals surface area contributed by atoms with E-state index in [4.69, 9.17) is 0 Å². The van der Waals surface area contributed by atoms with Crippen molar-refractivity contribution in [1.82, 2.24) is 4.98 Å². The van der Waals surface area contributed by atoms with Crippen molar-refractivity contribution in [2.75, 3.05) is 12.4 Å². The van der Waals surface area contributed by atoms with Gasteiger partial charge in [0.1, 0.15) is 5.82 Å². The topological polar surface area (TPSA) is 24.9 Å². The molecule has 1 N–H and O–H groups in total. The molecule has 0 spiro atoms. The minimum atomic E-state index is -0.139. The van der Waals surface area contributed by atoms with Crippen molar-refractivity contribution in [2.45, 2.75) is 29.7 Å². The zero-order valence-corrected chi connectivity index (χ0v) is 12.9. The largest absolute Gasteiger partial charge is 0.365 e. The van der Waals surface area contributed by atoms with Gasteiger partial charge < -0.3 is 5.32 Å². The first-order chi connectivity index (χ1) is 9.11. The maximum absolute atomic E-state index is 13.6. The van der Waals surface area contributed by atoms with Crippen LogP contribution in [0.1, 0.15) is 31.0 Å². The van der Waals surface area contributed by atoms with Crippen molar-refractivity contribution in [1.29, 1.82) is 0 Å². The first kappa shape index (κ1) is 14.3. The van der Waals surface area contributed by atoms with Gasteiger partial charge in [-0.1, -0.05) is 43.4 Å². The lowest BCUT2D eigenvalue weighted by Crippen LogP contribution is -1.92. The van der Waals surface area contributed by atoms with E-state index in [-0.39, 0.29) is 5.82 Å². The smallest absolute Gasteiger partial charge is 0.183 e. The molecule has 0 saturated carbocycles. The minimum absolute atomic E-state index is 0.139. The standard InChI is InChI=1S/C14H17FN2S2/c1-9(2)12-13(19-14(16-3)17-12)18-8-10-6-4-5-7-11(10)15/h4-7,9H,8H2,1-3H3,(H,16,17). The number of thioether (sulfide) groups is 1. The van der Waals surface area contributed by atoms with E-state index in [1.165, 1.54) is 10.3 Å². The van der Waals surface area contributed by atoms with Crippen LogP contribution in [0.5, 0.6) is 0 Å². The number of nitrogens with one attached hydrogen (secondary N) is 1. The Bertz CT molecular complexity index is 552. The van der Waals surface area contributed by atoms with Crippen molar-refractivity contribution in [3.05, 3.63) is 41.3 Å². The number of thiazole rings is 1. The van der Waals surface area contributed by atoms with Gasteiger partial charge in [-0.05, 0) is 17.5 Å². The number of hydrogen-bond donors (Lipinski definition) is 1. The molecular weight excluding hydrogens is 279 g/mol. The highest BCUT2D eigenvalue weighted by Gasteiger charge is 2.14. The number of anilines is 1. The van der Waals surface area contributed by atoms with E-state index in [1.54, 1.807) is 29.2 Å². The highest BCUT2D eigenvalue weighted by Crippen LogP contribution is 2.37. The van der Waals surface area contributed by atoms with Gasteiger partial charge in [-0.3, -0.25) is 0 Å². The van der Waals surface area contributed by atoms with Crippen LogP contribution in [0.2, 0.25) is 0 Å².